The van der Waals surface area contributed by atoms with Crippen molar-refractivity contribution in [3.8, 4) is 0 Å². The van der Waals surface area contributed by atoms with Gasteiger partial charge in [-0.2, -0.15) is 4.37 Å². The van der Waals surface area contributed by atoms with Crippen molar-refractivity contribution in [3.63, 3.8) is 0 Å². The Balaban J connectivity index is 0.000000125. The van der Waals surface area contributed by atoms with Gasteiger partial charge in [-0.3, -0.25) is 0 Å². The number of aromatic nitrogens is 1. The third-order valence-corrected chi connectivity index (χ3v) is 2.76. The van der Waals surface area contributed by atoms with Crippen LogP contribution in [0.1, 0.15) is 0 Å². The van der Waals surface area contributed by atoms with Gasteiger partial charge in [-0.25, -0.2) is 0 Å². The second-order valence-electron chi connectivity index (χ2n) is 3.13. The van der Waals surface area contributed by atoms with Crippen molar-refractivity contribution < 1.29 is 0 Å². The summed E-state index contributed by atoms with van der Waals surface area (Å²) in [5, 5.41) is 4.16. The predicted octanol–water partition coefficient (Wildman–Crippen LogP) is 3.47. The average molecular weight is 228 g/mol. The van der Waals surface area contributed by atoms with Crippen LogP contribution in [0.2, 0.25) is 0 Å². The monoisotopic (exact) mass is 228 g/mol. The molecule has 0 aliphatic carbocycles. The van der Waals surface area contributed by atoms with Crippen molar-refractivity contribution in [1.82, 2.24) is 9.69 Å². The molecule has 0 saturated carbocycles. The van der Waals surface area contributed by atoms with Crippen molar-refractivity contribution in [2.45, 2.75) is 0 Å². The maximum Gasteiger partial charge on any atom is 0.0549 e. The summed E-state index contributed by atoms with van der Waals surface area (Å²) in [5.74, 6) is 0. The molecule has 16 heavy (non-hydrogen) atoms. The first-order valence-electron chi connectivity index (χ1n) is 5.00. The zero-order valence-electron chi connectivity index (χ0n) is 8.71. The van der Waals surface area contributed by atoms with E-state index in [0.717, 1.165) is 0 Å². The minimum absolute atomic E-state index is 1.24. The topological polar surface area (TPSA) is 24.9 Å². The molecule has 0 atom stereocenters. The van der Waals surface area contributed by atoms with E-state index in [0.29, 0.717) is 0 Å². The molecular weight excluding hydrogens is 216 g/mol. The average Bonchev–Trinajstić information content (AvgIpc) is 2.61. The highest BCUT2D eigenvalue weighted by Crippen LogP contribution is 2.15. The summed E-state index contributed by atoms with van der Waals surface area (Å²) in [4.78, 5) is 0. The number of allylic oxidation sites excluding steroid dienone is 4. The summed E-state index contributed by atoms with van der Waals surface area (Å²) in [6, 6.07) is 8.20. The Labute approximate surface area is 98.8 Å². The van der Waals surface area contributed by atoms with Gasteiger partial charge in [0.1, 0.15) is 0 Å². The molecule has 80 valence electrons. The minimum atomic E-state index is 1.24. The zero-order chi connectivity index (χ0) is 11.1. The summed E-state index contributed by atoms with van der Waals surface area (Å²) in [5.41, 5.74) is 0. The molecule has 2 nitrogen and oxygen atoms in total. The number of nitrogens with zero attached hydrogens (tertiary/aromatic N) is 1. The lowest BCUT2D eigenvalue weighted by Crippen LogP contribution is -1.87. The lowest BCUT2D eigenvalue weighted by molar-refractivity contribution is 1.20. The highest BCUT2D eigenvalue weighted by molar-refractivity contribution is 7.13. The van der Waals surface area contributed by atoms with E-state index in [-0.39, 0.29) is 0 Å². The number of fused-ring (bicyclic) bond motifs is 1. The smallest absolute Gasteiger partial charge is 0.0549 e. The van der Waals surface area contributed by atoms with Crippen molar-refractivity contribution in [2.24, 2.45) is 0 Å². The van der Waals surface area contributed by atoms with Crippen LogP contribution in [0.3, 0.4) is 0 Å². The molecule has 0 bridgehead atoms. The van der Waals surface area contributed by atoms with Crippen LogP contribution in [-0.2, 0) is 0 Å². The standard InChI is InChI=1S/C7H5NS.C6H7N/c1-2-4-7-6(3-1)5-8-9-7;1-2-4-6-7-5-3-1/h1-5H;1-7H. The van der Waals surface area contributed by atoms with Gasteiger partial charge in [0.15, 0.2) is 0 Å². The van der Waals surface area contributed by atoms with E-state index in [1.165, 1.54) is 21.6 Å². The first kappa shape index (κ1) is 10.6. The van der Waals surface area contributed by atoms with Crippen molar-refractivity contribution in [2.75, 3.05) is 0 Å². The fourth-order valence-corrected chi connectivity index (χ4v) is 1.86. The van der Waals surface area contributed by atoms with Crippen molar-refractivity contribution >= 4 is 21.6 Å². The van der Waals surface area contributed by atoms with Gasteiger partial charge >= 0.3 is 0 Å². The molecule has 3 rings (SSSR count). The van der Waals surface area contributed by atoms with E-state index in [1.54, 1.807) is 0 Å². The molecule has 0 unspecified atom stereocenters. The van der Waals surface area contributed by atoms with E-state index in [9.17, 15) is 0 Å². The Morgan fingerprint density at radius 1 is 0.938 bits per heavy atom. The van der Waals surface area contributed by atoms with Crippen LogP contribution in [0.15, 0.2) is 67.2 Å². The molecule has 1 N–H and O–H groups in total. The van der Waals surface area contributed by atoms with E-state index in [1.807, 2.05) is 55.0 Å². The fraction of sp³-hybridized carbons (Fsp3) is 0. The Bertz CT molecular complexity index is 479. The summed E-state index contributed by atoms with van der Waals surface area (Å²) in [7, 11) is 0. The number of nitrogens with one attached hydrogen (secondary N) is 1. The fourth-order valence-electron chi connectivity index (χ4n) is 1.22. The molecule has 0 amide bonds. The van der Waals surface area contributed by atoms with Crippen LogP contribution >= 0.6 is 11.5 Å². The van der Waals surface area contributed by atoms with Gasteiger partial charge in [-0.15, -0.1) is 0 Å². The molecule has 0 spiro atoms. The van der Waals surface area contributed by atoms with Gasteiger partial charge in [-0.1, -0.05) is 30.4 Å². The zero-order valence-corrected chi connectivity index (χ0v) is 9.52. The lowest BCUT2D eigenvalue weighted by atomic mass is 10.3. The second-order valence-corrected chi connectivity index (χ2v) is 3.97. The van der Waals surface area contributed by atoms with Crippen LogP contribution in [0, 0.1) is 0 Å². The summed E-state index contributed by atoms with van der Waals surface area (Å²) >= 11 is 1.54. The van der Waals surface area contributed by atoms with Crippen molar-refractivity contribution in [3.05, 3.63) is 67.2 Å². The first-order chi connectivity index (χ1) is 7.97. The summed E-state index contributed by atoms with van der Waals surface area (Å²) in [6.45, 7) is 0. The van der Waals surface area contributed by atoms with Crippen molar-refractivity contribution in [1.29, 1.82) is 0 Å². The second kappa shape index (κ2) is 5.88. The van der Waals surface area contributed by atoms with E-state index < -0.39 is 0 Å². The normalized spacial score (nSPS) is 12.8. The molecule has 3 heteroatoms. The molecular formula is C13H12N2S. The maximum absolute atomic E-state index is 4.04. The van der Waals surface area contributed by atoms with Crippen LogP contribution in [-0.4, -0.2) is 4.37 Å². The molecule has 1 aliphatic heterocycles. The molecule has 1 aromatic carbocycles. The van der Waals surface area contributed by atoms with Gasteiger partial charge in [0.2, 0.25) is 0 Å². The highest BCUT2D eigenvalue weighted by atomic mass is 32.1. The molecule has 1 aliphatic rings. The number of rotatable bonds is 0. The molecule has 2 heterocycles. The Morgan fingerprint density at radius 3 is 2.44 bits per heavy atom. The largest absolute Gasteiger partial charge is 0.368 e. The number of benzene rings is 1. The third-order valence-electron chi connectivity index (χ3n) is 1.98. The predicted molar refractivity (Wildman–Crippen MR) is 70.2 cm³/mol. The van der Waals surface area contributed by atoms with Gasteiger partial charge < -0.3 is 5.32 Å². The minimum Gasteiger partial charge on any atom is -0.368 e. The third kappa shape index (κ3) is 3.07. The van der Waals surface area contributed by atoms with E-state index in [4.69, 9.17) is 0 Å². The van der Waals surface area contributed by atoms with Gasteiger partial charge in [0.25, 0.3) is 0 Å². The Morgan fingerprint density at radius 2 is 1.69 bits per heavy atom. The highest BCUT2D eigenvalue weighted by Gasteiger charge is 1.89. The molecule has 1 aromatic heterocycles. The van der Waals surface area contributed by atoms with E-state index >= 15 is 0 Å². The van der Waals surface area contributed by atoms with Crippen LogP contribution in [0.4, 0.5) is 0 Å². The molecule has 0 fully saturated rings. The Hall–Kier alpha value is -1.87. The molecule has 0 saturated heterocycles. The molecule has 0 radical (unpaired) electrons. The van der Waals surface area contributed by atoms with E-state index in [2.05, 4.69) is 21.8 Å². The number of hydrogen-bond acceptors (Lipinski definition) is 3. The van der Waals surface area contributed by atoms with Crippen LogP contribution < -0.4 is 5.32 Å². The number of hydrogen-bond donors (Lipinski definition) is 1. The first-order valence-corrected chi connectivity index (χ1v) is 5.78. The van der Waals surface area contributed by atoms with Gasteiger partial charge in [0.05, 0.1) is 4.70 Å². The lowest BCUT2D eigenvalue weighted by Gasteiger charge is -1.80. The van der Waals surface area contributed by atoms with Crippen LogP contribution in [0.25, 0.3) is 10.1 Å². The summed E-state index contributed by atoms with van der Waals surface area (Å²) < 4.78 is 5.30. The molecule has 2 aromatic rings. The van der Waals surface area contributed by atoms with Gasteiger partial charge in [0, 0.05) is 24.0 Å². The summed E-state index contributed by atoms with van der Waals surface area (Å²) in [6.07, 6.45) is 13.5. The SMILES string of the molecule is C1=CC=CNC=C1.c1ccc2sncc2c1. The van der Waals surface area contributed by atoms with Crippen LogP contribution in [0.5, 0.6) is 0 Å². The maximum atomic E-state index is 4.04. The Kier molecular flexibility index (Phi) is 3.91. The quantitative estimate of drug-likeness (QED) is 0.746. The van der Waals surface area contributed by atoms with Gasteiger partial charge in [-0.05, 0) is 29.8 Å².